The molecule has 1 unspecified atom stereocenters. The van der Waals surface area contributed by atoms with Gasteiger partial charge in [-0.05, 0) is 103 Å². The minimum Gasteiger partial charge on any atom is -0.462 e. The Bertz CT molecular complexity index is 1230. The highest BCUT2D eigenvalue weighted by Crippen LogP contribution is 2.15. The van der Waals surface area contributed by atoms with Gasteiger partial charge in [0.05, 0.1) is 0 Å². The SMILES string of the molecule is CC/C=C\C/C=C\C/C=C\C/C=C\CCCCCCCCCCCCC(=O)OCC(COC(=O)CCCCCCC/C=C\CCCC)OC(=O)CCCCCCC/C=C\CCCCCC. The van der Waals surface area contributed by atoms with Crippen LogP contribution < -0.4 is 0 Å². The third-order valence-electron chi connectivity index (χ3n) is 11.7. The molecule has 1 atom stereocenters. The summed E-state index contributed by atoms with van der Waals surface area (Å²) in [6.07, 6.45) is 67.5. The van der Waals surface area contributed by atoms with E-state index in [1.807, 2.05) is 0 Å². The minimum atomic E-state index is -0.783. The molecule has 0 aromatic heterocycles. The Balaban J connectivity index is 4.29. The number of hydrogen-bond acceptors (Lipinski definition) is 6. The Hall–Kier alpha value is -3.15. The van der Waals surface area contributed by atoms with Crippen molar-refractivity contribution in [2.24, 2.45) is 0 Å². The molecular formula is C59H102O6. The monoisotopic (exact) mass is 907 g/mol. The van der Waals surface area contributed by atoms with Gasteiger partial charge >= 0.3 is 17.9 Å². The van der Waals surface area contributed by atoms with Gasteiger partial charge in [0, 0.05) is 19.3 Å². The van der Waals surface area contributed by atoms with Crippen molar-refractivity contribution in [2.75, 3.05) is 13.2 Å². The first-order chi connectivity index (χ1) is 32.0. The number of hydrogen-bond donors (Lipinski definition) is 0. The standard InChI is InChI=1S/C59H102O6/c1-4-7-10-13-16-19-22-24-25-26-27-28-29-30-31-32-33-35-37-40-43-46-49-52-58(61)64-55-56(54-63-57(60)51-48-45-42-39-36-21-18-15-12-9-6-3)65-59(62)53-50-47-44-41-38-34-23-20-17-14-11-8-5-2/h7,10,15-16,18-20,23-25,27-28,56H,4-6,8-9,11-14,17,21-22,26,29-55H2,1-3H3/b10-7-,18-15-,19-16-,23-20-,25-24-,28-27-. The summed E-state index contributed by atoms with van der Waals surface area (Å²) in [6.45, 7) is 6.46. The van der Waals surface area contributed by atoms with Crippen LogP contribution in [0.1, 0.15) is 265 Å². The quantitative estimate of drug-likeness (QED) is 0.0262. The summed E-state index contributed by atoms with van der Waals surface area (Å²) in [5.41, 5.74) is 0. The third kappa shape index (κ3) is 51.7. The van der Waals surface area contributed by atoms with Crippen LogP contribution in [0.4, 0.5) is 0 Å². The molecule has 0 rings (SSSR count). The maximum Gasteiger partial charge on any atom is 0.306 e. The van der Waals surface area contributed by atoms with Gasteiger partial charge in [0.2, 0.25) is 0 Å². The van der Waals surface area contributed by atoms with E-state index >= 15 is 0 Å². The number of esters is 3. The topological polar surface area (TPSA) is 78.9 Å². The molecule has 0 saturated heterocycles. The number of rotatable bonds is 49. The van der Waals surface area contributed by atoms with Crippen LogP contribution in [0, 0.1) is 0 Å². The molecule has 0 amide bonds. The minimum absolute atomic E-state index is 0.0830. The average Bonchev–Trinajstić information content (AvgIpc) is 3.30. The molecule has 0 aliphatic heterocycles. The average molecular weight is 907 g/mol. The molecule has 374 valence electrons. The first-order valence-electron chi connectivity index (χ1n) is 27.4. The van der Waals surface area contributed by atoms with E-state index in [1.54, 1.807) is 0 Å². The Labute approximate surface area is 402 Å². The van der Waals surface area contributed by atoms with Crippen LogP contribution in [0.2, 0.25) is 0 Å². The molecule has 0 N–H and O–H groups in total. The predicted molar refractivity (Wildman–Crippen MR) is 279 cm³/mol. The molecule has 0 heterocycles. The van der Waals surface area contributed by atoms with E-state index in [1.165, 1.54) is 122 Å². The second kappa shape index (κ2) is 53.5. The van der Waals surface area contributed by atoms with Crippen LogP contribution >= 0.6 is 0 Å². The van der Waals surface area contributed by atoms with Gasteiger partial charge in [0.15, 0.2) is 6.10 Å². The van der Waals surface area contributed by atoms with Crippen LogP contribution in [-0.2, 0) is 28.6 Å². The fourth-order valence-corrected chi connectivity index (χ4v) is 7.53. The molecule has 6 nitrogen and oxygen atoms in total. The predicted octanol–water partition coefficient (Wildman–Crippen LogP) is 18.2. The summed E-state index contributed by atoms with van der Waals surface area (Å²) in [4.78, 5) is 38.0. The van der Waals surface area contributed by atoms with Crippen LogP contribution in [0.5, 0.6) is 0 Å². The van der Waals surface area contributed by atoms with Gasteiger partial charge in [-0.2, -0.15) is 0 Å². The largest absolute Gasteiger partial charge is 0.462 e. The highest BCUT2D eigenvalue weighted by atomic mass is 16.6. The Morgan fingerprint density at radius 1 is 0.323 bits per heavy atom. The molecule has 0 fully saturated rings. The maximum absolute atomic E-state index is 12.8. The molecule has 0 spiro atoms. The van der Waals surface area contributed by atoms with Gasteiger partial charge in [0.1, 0.15) is 13.2 Å². The van der Waals surface area contributed by atoms with E-state index in [0.717, 1.165) is 103 Å². The summed E-state index contributed by atoms with van der Waals surface area (Å²) in [5.74, 6) is -0.902. The Kier molecular flexibility index (Phi) is 50.9. The molecule has 65 heavy (non-hydrogen) atoms. The Morgan fingerprint density at radius 3 is 1.00 bits per heavy atom. The smallest absolute Gasteiger partial charge is 0.306 e. The number of ether oxygens (including phenoxy) is 3. The molecule has 0 saturated carbocycles. The van der Waals surface area contributed by atoms with Crippen molar-refractivity contribution in [1.29, 1.82) is 0 Å². The van der Waals surface area contributed by atoms with E-state index in [2.05, 4.69) is 93.7 Å². The van der Waals surface area contributed by atoms with Crippen LogP contribution in [0.25, 0.3) is 0 Å². The van der Waals surface area contributed by atoms with E-state index in [9.17, 15) is 14.4 Å². The summed E-state index contributed by atoms with van der Waals surface area (Å²) in [7, 11) is 0. The van der Waals surface area contributed by atoms with Crippen molar-refractivity contribution < 1.29 is 28.6 Å². The lowest BCUT2D eigenvalue weighted by atomic mass is 10.1. The lowest BCUT2D eigenvalue weighted by Crippen LogP contribution is -2.30. The van der Waals surface area contributed by atoms with Gasteiger partial charge < -0.3 is 14.2 Å². The van der Waals surface area contributed by atoms with Crippen molar-refractivity contribution >= 4 is 17.9 Å². The maximum atomic E-state index is 12.8. The molecule has 0 aromatic carbocycles. The first kappa shape index (κ1) is 61.9. The second-order valence-electron chi connectivity index (χ2n) is 18.1. The Morgan fingerprint density at radius 2 is 0.615 bits per heavy atom. The van der Waals surface area contributed by atoms with Gasteiger partial charge in [-0.15, -0.1) is 0 Å². The van der Waals surface area contributed by atoms with Crippen molar-refractivity contribution in [1.82, 2.24) is 0 Å². The van der Waals surface area contributed by atoms with E-state index in [4.69, 9.17) is 14.2 Å². The zero-order valence-corrected chi connectivity index (χ0v) is 42.7. The molecule has 0 aliphatic rings. The van der Waals surface area contributed by atoms with Gasteiger partial charge in [0.25, 0.3) is 0 Å². The van der Waals surface area contributed by atoms with Gasteiger partial charge in [-0.1, -0.05) is 216 Å². The fraction of sp³-hybridized carbons (Fsp3) is 0.746. The lowest BCUT2D eigenvalue weighted by molar-refractivity contribution is -0.167. The molecule has 0 bridgehead atoms. The van der Waals surface area contributed by atoms with Crippen molar-refractivity contribution in [3.8, 4) is 0 Å². The molecule has 6 heteroatoms. The van der Waals surface area contributed by atoms with E-state index < -0.39 is 6.10 Å². The summed E-state index contributed by atoms with van der Waals surface area (Å²) in [5, 5.41) is 0. The second-order valence-corrected chi connectivity index (χ2v) is 18.1. The molecule has 0 aromatic rings. The molecular weight excluding hydrogens is 805 g/mol. The highest BCUT2D eigenvalue weighted by molar-refractivity contribution is 5.71. The normalized spacial score (nSPS) is 12.6. The number of carbonyl (C=O) groups excluding carboxylic acids is 3. The third-order valence-corrected chi connectivity index (χ3v) is 11.7. The summed E-state index contributed by atoms with van der Waals surface area (Å²) >= 11 is 0. The summed E-state index contributed by atoms with van der Waals surface area (Å²) < 4.78 is 16.8. The first-order valence-corrected chi connectivity index (χ1v) is 27.4. The van der Waals surface area contributed by atoms with Gasteiger partial charge in [-0.25, -0.2) is 0 Å². The number of allylic oxidation sites excluding steroid dienone is 12. The van der Waals surface area contributed by atoms with Gasteiger partial charge in [-0.3, -0.25) is 14.4 Å². The van der Waals surface area contributed by atoms with Crippen molar-refractivity contribution in [3.63, 3.8) is 0 Å². The van der Waals surface area contributed by atoms with Crippen LogP contribution in [0.3, 0.4) is 0 Å². The van der Waals surface area contributed by atoms with E-state index in [-0.39, 0.29) is 31.1 Å². The molecule has 0 radical (unpaired) electrons. The van der Waals surface area contributed by atoms with Crippen LogP contribution in [0.15, 0.2) is 72.9 Å². The summed E-state index contributed by atoms with van der Waals surface area (Å²) in [6, 6.07) is 0. The number of unbranched alkanes of at least 4 members (excludes halogenated alkanes) is 26. The molecule has 0 aliphatic carbocycles. The van der Waals surface area contributed by atoms with Crippen molar-refractivity contribution in [2.45, 2.75) is 271 Å². The fourth-order valence-electron chi connectivity index (χ4n) is 7.53. The zero-order chi connectivity index (χ0) is 47.2. The lowest BCUT2D eigenvalue weighted by Gasteiger charge is -2.18. The zero-order valence-electron chi connectivity index (χ0n) is 42.7. The van der Waals surface area contributed by atoms with E-state index in [0.29, 0.717) is 19.3 Å². The van der Waals surface area contributed by atoms with Crippen LogP contribution in [-0.4, -0.2) is 37.2 Å². The number of carbonyl (C=O) groups is 3. The highest BCUT2D eigenvalue weighted by Gasteiger charge is 2.19. The van der Waals surface area contributed by atoms with Crippen molar-refractivity contribution in [3.05, 3.63) is 72.9 Å².